The third kappa shape index (κ3) is 4.96. The zero-order chi connectivity index (χ0) is 16.9. The summed E-state index contributed by atoms with van der Waals surface area (Å²) in [4.78, 5) is 11.9. The van der Waals surface area contributed by atoms with Gasteiger partial charge < -0.3 is 4.74 Å². The summed E-state index contributed by atoms with van der Waals surface area (Å²) >= 11 is 0. The van der Waals surface area contributed by atoms with Crippen LogP contribution in [-0.2, 0) is 4.74 Å². The molecule has 0 saturated carbocycles. The van der Waals surface area contributed by atoms with E-state index in [-0.39, 0.29) is 5.92 Å². The number of ether oxygens (including phenoxy) is 1. The fourth-order valence-electron chi connectivity index (χ4n) is 1.64. The van der Waals surface area contributed by atoms with E-state index >= 15 is 0 Å². The number of hydrogen-bond acceptors (Lipinski definition) is 2. The molecule has 0 bridgehead atoms. The Morgan fingerprint density at radius 3 is 2.45 bits per heavy atom. The summed E-state index contributed by atoms with van der Waals surface area (Å²) in [6.45, 7) is 9.11. The van der Waals surface area contributed by atoms with Crippen molar-refractivity contribution in [3.8, 4) is 11.8 Å². The summed E-state index contributed by atoms with van der Waals surface area (Å²) in [7, 11) is 0. The first kappa shape index (κ1) is 17.8. The van der Waals surface area contributed by atoms with Gasteiger partial charge in [0.25, 0.3) is 0 Å². The Bertz CT molecular complexity index is 639. The van der Waals surface area contributed by atoms with Crippen LogP contribution in [0.5, 0.6) is 0 Å². The minimum absolute atomic E-state index is 0.173. The Labute approximate surface area is 128 Å². The molecule has 0 aromatic heterocycles. The van der Waals surface area contributed by atoms with Crippen molar-refractivity contribution in [1.29, 1.82) is 0 Å². The van der Waals surface area contributed by atoms with Crippen molar-refractivity contribution in [2.24, 2.45) is 5.92 Å². The monoisotopic (exact) mass is 310 g/mol. The highest BCUT2D eigenvalue weighted by Crippen LogP contribution is 2.18. The van der Waals surface area contributed by atoms with Crippen LogP contribution in [0.25, 0.3) is 0 Å². The SMILES string of the molecule is C=C(C)C#CC(CC(C)C)OC(=O)c1ccc(F)c(F)c1F. The molecule has 118 valence electrons. The van der Waals surface area contributed by atoms with E-state index in [0.717, 1.165) is 6.07 Å². The van der Waals surface area contributed by atoms with E-state index in [1.165, 1.54) is 0 Å². The minimum atomic E-state index is -1.71. The topological polar surface area (TPSA) is 26.3 Å². The number of hydrogen-bond donors (Lipinski definition) is 0. The molecule has 0 N–H and O–H groups in total. The average molecular weight is 310 g/mol. The van der Waals surface area contributed by atoms with Gasteiger partial charge >= 0.3 is 5.97 Å². The van der Waals surface area contributed by atoms with Gasteiger partial charge in [0, 0.05) is 0 Å². The Morgan fingerprint density at radius 2 is 1.91 bits per heavy atom. The van der Waals surface area contributed by atoms with Gasteiger partial charge in [0.05, 0.1) is 5.56 Å². The highest BCUT2D eigenvalue weighted by molar-refractivity contribution is 5.90. The van der Waals surface area contributed by atoms with Crippen molar-refractivity contribution >= 4 is 5.97 Å². The predicted octanol–water partition coefficient (Wildman–Crippen LogP) is 4.25. The van der Waals surface area contributed by atoms with Gasteiger partial charge in [-0.25, -0.2) is 18.0 Å². The molecule has 0 radical (unpaired) electrons. The van der Waals surface area contributed by atoms with Gasteiger partial charge in [0.1, 0.15) is 0 Å². The van der Waals surface area contributed by atoms with Gasteiger partial charge in [-0.1, -0.05) is 32.3 Å². The van der Waals surface area contributed by atoms with Gasteiger partial charge in [0.15, 0.2) is 23.6 Å². The Hall–Kier alpha value is -2.22. The zero-order valence-electron chi connectivity index (χ0n) is 12.7. The second kappa shape index (κ2) is 7.69. The molecule has 1 aromatic carbocycles. The lowest BCUT2D eigenvalue weighted by Gasteiger charge is -2.15. The molecule has 0 heterocycles. The maximum absolute atomic E-state index is 13.6. The molecule has 5 heteroatoms. The van der Waals surface area contributed by atoms with Crippen molar-refractivity contribution in [1.82, 2.24) is 0 Å². The lowest BCUT2D eigenvalue weighted by atomic mass is 10.1. The lowest BCUT2D eigenvalue weighted by molar-refractivity contribution is 0.0371. The minimum Gasteiger partial charge on any atom is -0.445 e. The molecule has 0 aliphatic carbocycles. The predicted molar refractivity (Wildman–Crippen MR) is 77.6 cm³/mol. The normalized spacial score (nSPS) is 11.6. The van der Waals surface area contributed by atoms with Gasteiger partial charge in [-0.2, -0.15) is 0 Å². The van der Waals surface area contributed by atoms with Crippen LogP contribution in [0.4, 0.5) is 13.2 Å². The van der Waals surface area contributed by atoms with Crippen LogP contribution in [0.2, 0.25) is 0 Å². The first-order valence-corrected chi connectivity index (χ1v) is 6.74. The number of carbonyl (C=O) groups is 1. The summed E-state index contributed by atoms with van der Waals surface area (Å²) in [5.41, 5.74) is -0.0754. The smallest absolute Gasteiger partial charge is 0.342 e. The van der Waals surface area contributed by atoms with Crippen LogP contribution in [-0.4, -0.2) is 12.1 Å². The average Bonchev–Trinajstić information content (AvgIpc) is 2.41. The molecule has 2 nitrogen and oxygen atoms in total. The number of allylic oxidation sites excluding steroid dienone is 1. The molecule has 0 aliphatic heterocycles. The third-order valence-corrected chi connectivity index (χ3v) is 2.64. The van der Waals surface area contributed by atoms with E-state index in [9.17, 15) is 18.0 Å². The molecule has 1 aromatic rings. The van der Waals surface area contributed by atoms with Crippen LogP contribution in [0.15, 0.2) is 24.3 Å². The number of rotatable bonds is 4. The molecule has 0 spiro atoms. The van der Waals surface area contributed by atoms with E-state index < -0.39 is 35.1 Å². The second-order valence-electron chi connectivity index (χ2n) is 5.30. The van der Waals surface area contributed by atoms with E-state index in [2.05, 4.69) is 18.4 Å². The van der Waals surface area contributed by atoms with Crippen molar-refractivity contribution < 1.29 is 22.7 Å². The fraction of sp³-hybridized carbons (Fsp3) is 0.353. The maximum Gasteiger partial charge on any atom is 0.342 e. The van der Waals surface area contributed by atoms with Crippen molar-refractivity contribution in [2.75, 3.05) is 0 Å². The lowest BCUT2D eigenvalue weighted by Crippen LogP contribution is -2.20. The van der Waals surface area contributed by atoms with Crippen LogP contribution >= 0.6 is 0 Å². The van der Waals surface area contributed by atoms with E-state index in [1.807, 2.05) is 13.8 Å². The number of carbonyl (C=O) groups excluding carboxylic acids is 1. The van der Waals surface area contributed by atoms with Gasteiger partial charge in [-0.3, -0.25) is 0 Å². The van der Waals surface area contributed by atoms with Crippen molar-refractivity contribution in [3.05, 3.63) is 47.3 Å². The van der Waals surface area contributed by atoms with Crippen LogP contribution in [0.1, 0.15) is 37.6 Å². The number of esters is 1. The van der Waals surface area contributed by atoms with Crippen molar-refractivity contribution in [2.45, 2.75) is 33.3 Å². The molecule has 0 amide bonds. The van der Waals surface area contributed by atoms with Crippen LogP contribution < -0.4 is 0 Å². The zero-order valence-corrected chi connectivity index (χ0v) is 12.7. The quantitative estimate of drug-likeness (QED) is 0.472. The Kier molecular flexibility index (Phi) is 6.24. The molecule has 1 unspecified atom stereocenters. The molecular weight excluding hydrogens is 293 g/mol. The van der Waals surface area contributed by atoms with Gasteiger partial charge in [-0.15, -0.1) is 0 Å². The maximum atomic E-state index is 13.6. The number of benzene rings is 1. The summed E-state index contributed by atoms with van der Waals surface area (Å²) in [5.74, 6) is -0.145. The standard InChI is InChI=1S/C17H17F3O2/c1-10(2)5-6-12(9-11(3)4)22-17(21)13-7-8-14(18)16(20)15(13)19/h7-8,11-12H,1,9H2,2-4H3. The fourth-order valence-corrected chi connectivity index (χ4v) is 1.64. The highest BCUT2D eigenvalue weighted by atomic mass is 19.2. The molecule has 0 saturated heterocycles. The van der Waals surface area contributed by atoms with E-state index in [1.54, 1.807) is 6.92 Å². The number of halogens is 3. The first-order chi connectivity index (χ1) is 10.2. The van der Waals surface area contributed by atoms with E-state index in [4.69, 9.17) is 4.74 Å². The summed E-state index contributed by atoms with van der Waals surface area (Å²) in [6.07, 6.45) is -0.353. The molecule has 1 rings (SSSR count). The Balaban J connectivity index is 2.99. The largest absolute Gasteiger partial charge is 0.445 e. The molecular formula is C17H17F3O2. The third-order valence-electron chi connectivity index (χ3n) is 2.64. The molecule has 1 atom stereocenters. The second-order valence-corrected chi connectivity index (χ2v) is 5.30. The molecule has 22 heavy (non-hydrogen) atoms. The molecule has 0 aliphatic rings. The summed E-state index contributed by atoms with van der Waals surface area (Å²) in [6, 6.07) is 1.51. The Morgan fingerprint density at radius 1 is 1.27 bits per heavy atom. The summed E-state index contributed by atoms with van der Waals surface area (Å²) in [5, 5.41) is 0. The molecule has 0 fully saturated rings. The van der Waals surface area contributed by atoms with Gasteiger partial charge in [0.2, 0.25) is 0 Å². The van der Waals surface area contributed by atoms with Gasteiger partial charge in [-0.05, 0) is 37.0 Å². The highest BCUT2D eigenvalue weighted by Gasteiger charge is 2.22. The summed E-state index contributed by atoms with van der Waals surface area (Å²) < 4.78 is 44.7. The first-order valence-electron chi connectivity index (χ1n) is 6.74. The van der Waals surface area contributed by atoms with Crippen LogP contribution in [0.3, 0.4) is 0 Å². The van der Waals surface area contributed by atoms with E-state index in [0.29, 0.717) is 18.1 Å². The van der Waals surface area contributed by atoms with Crippen molar-refractivity contribution in [3.63, 3.8) is 0 Å². The van der Waals surface area contributed by atoms with Crippen LogP contribution in [0, 0.1) is 35.2 Å².